The molecule has 4 aromatic carbocycles. The number of amides is 2. The van der Waals surface area contributed by atoms with Gasteiger partial charge in [0.15, 0.2) is 0 Å². The quantitative estimate of drug-likeness (QED) is 0.162. The molecule has 5 rings (SSSR count). The molecule has 1 atom stereocenters. The zero-order chi connectivity index (χ0) is 33.2. The molecule has 0 radical (unpaired) electrons. The zero-order valence-electron chi connectivity index (χ0n) is 26.4. The van der Waals surface area contributed by atoms with Crippen LogP contribution in [0.15, 0.2) is 114 Å². The van der Waals surface area contributed by atoms with Gasteiger partial charge in [-0.15, -0.1) is 0 Å². The van der Waals surface area contributed by atoms with Crippen molar-refractivity contribution in [3.05, 3.63) is 125 Å². The number of carbonyl (C=O) groups excluding carboxylic acids is 2. The minimum Gasteiger partial charge on any atom is -0.494 e. The Labute approximate surface area is 282 Å². The van der Waals surface area contributed by atoms with Gasteiger partial charge in [-0.3, -0.25) is 13.9 Å². The van der Waals surface area contributed by atoms with Crippen LogP contribution < -0.4 is 14.4 Å². The molecule has 1 fully saturated rings. The van der Waals surface area contributed by atoms with E-state index >= 15 is 0 Å². The first-order valence-electron chi connectivity index (χ1n) is 15.9. The first-order chi connectivity index (χ1) is 22.7. The molecule has 1 aliphatic rings. The third-order valence-electron chi connectivity index (χ3n) is 8.26. The molecule has 10 heteroatoms. The van der Waals surface area contributed by atoms with Gasteiger partial charge in [0, 0.05) is 24.0 Å². The summed E-state index contributed by atoms with van der Waals surface area (Å²) in [6, 6.07) is 30.4. The van der Waals surface area contributed by atoms with Crippen LogP contribution in [0.25, 0.3) is 0 Å². The van der Waals surface area contributed by atoms with Crippen LogP contribution in [0.1, 0.15) is 43.7 Å². The molecule has 0 heterocycles. The molecule has 0 bridgehead atoms. The van der Waals surface area contributed by atoms with E-state index in [0.29, 0.717) is 23.1 Å². The maximum absolute atomic E-state index is 14.6. The van der Waals surface area contributed by atoms with Gasteiger partial charge in [0.2, 0.25) is 11.8 Å². The largest absolute Gasteiger partial charge is 0.494 e. The SMILES string of the molecule is CCOc1ccc(N(CC(=O)N(Cc2cccc(Cl)c2)C(Cc2ccccc2)C(=O)NC2CCCC2)S(=O)(=O)c2ccccc2)cc1. The number of ether oxygens (including phenoxy) is 1. The summed E-state index contributed by atoms with van der Waals surface area (Å²) in [5.41, 5.74) is 1.89. The Hall–Kier alpha value is -4.34. The Morgan fingerprint density at radius 2 is 1.51 bits per heavy atom. The predicted octanol–water partition coefficient (Wildman–Crippen LogP) is 6.63. The molecule has 0 aliphatic heterocycles. The molecular weight excluding hydrogens is 634 g/mol. The number of halogens is 1. The van der Waals surface area contributed by atoms with Crippen LogP contribution in [0.3, 0.4) is 0 Å². The molecule has 1 N–H and O–H groups in total. The average Bonchev–Trinajstić information content (AvgIpc) is 3.59. The maximum atomic E-state index is 14.6. The number of nitrogens with zero attached hydrogens (tertiary/aromatic N) is 2. The maximum Gasteiger partial charge on any atom is 0.264 e. The van der Waals surface area contributed by atoms with Crippen molar-refractivity contribution in [1.82, 2.24) is 10.2 Å². The topological polar surface area (TPSA) is 96.0 Å². The van der Waals surface area contributed by atoms with Gasteiger partial charge in [-0.2, -0.15) is 0 Å². The number of hydrogen-bond acceptors (Lipinski definition) is 5. The number of rotatable bonds is 14. The first-order valence-corrected chi connectivity index (χ1v) is 17.7. The standard InChI is InChI=1S/C37H40ClN3O5S/c1-2-46-33-22-20-32(21-23-33)41(47(44,45)34-18-7-4-8-19-34)27-36(42)40(26-29-14-11-15-30(38)24-29)35(25-28-12-5-3-6-13-28)37(43)39-31-16-9-10-17-31/h3-8,11-15,18-24,31,35H,2,9-10,16-17,25-27H2,1H3,(H,39,43). The molecule has 1 unspecified atom stereocenters. The fourth-order valence-corrected chi connectivity index (χ4v) is 7.53. The number of anilines is 1. The lowest BCUT2D eigenvalue weighted by atomic mass is 10.0. The lowest BCUT2D eigenvalue weighted by molar-refractivity contribution is -0.140. The lowest BCUT2D eigenvalue weighted by Gasteiger charge is -2.34. The molecule has 47 heavy (non-hydrogen) atoms. The van der Waals surface area contributed by atoms with Crippen molar-refractivity contribution in [2.24, 2.45) is 0 Å². The molecule has 0 spiro atoms. The van der Waals surface area contributed by atoms with Crippen molar-refractivity contribution in [3.8, 4) is 5.75 Å². The van der Waals surface area contributed by atoms with Crippen molar-refractivity contribution in [2.45, 2.75) is 62.6 Å². The molecule has 246 valence electrons. The third-order valence-corrected chi connectivity index (χ3v) is 10.3. The van der Waals surface area contributed by atoms with E-state index in [-0.39, 0.29) is 29.8 Å². The van der Waals surface area contributed by atoms with Crippen LogP contribution in [0.4, 0.5) is 5.69 Å². The highest BCUT2D eigenvalue weighted by Gasteiger charge is 2.35. The Bertz CT molecular complexity index is 1730. The van der Waals surface area contributed by atoms with Crippen molar-refractivity contribution >= 4 is 39.1 Å². The highest BCUT2D eigenvalue weighted by Crippen LogP contribution is 2.27. The molecule has 2 amide bonds. The third kappa shape index (κ3) is 8.93. The second-order valence-corrected chi connectivity index (χ2v) is 13.9. The van der Waals surface area contributed by atoms with Gasteiger partial charge in [-0.25, -0.2) is 8.42 Å². The van der Waals surface area contributed by atoms with Crippen molar-refractivity contribution in [3.63, 3.8) is 0 Å². The molecule has 0 saturated heterocycles. The van der Waals surface area contributed by atoms with Gasteiger partial charge in [0.25, 0.3) is 10.0 Å². The van der Waals surface area contributed by atoms with Crippen LogP contribution >= 0.6 is 11.6 Å². The number of sulfonamides is 1. The summed E-state index contributed by atoms with van der Waals surface area (Å²) in [5.74, 6) is -0.218. The molecule has 4 aromatic rings. The van der Waals surface area contributed by atoms with Crippen molar-refractivity contribution in [2.75, 3.05) is 17.5 Å². The van der Waals surface area contributed by atoms with Crippen LogP contribution in [0.5, 0.6) is 5.75 Å². The first kappa shape index (κ1) is 34.0. The summed E-state index contributed by atoms with van der Waals surface area (Å²) < 4.78 is 35.0. The normalized spacial score (nSPS) is 13.9. The fraction of sp³-hybridized carbons (Fsp3) is 0.297. The Balaban J connectivity index is 1.56. The lowest BCUT2D eigenvalue weighted by Crippen LogP contribution is -2.54. The van der Waals surface area contributed by atoms with Crippen LogP contribution in [-0.4, -0.2) is 50.4 Å². The Morgan fingerprint density at radius 1 is 0.872 bits per heavy atom. The van der Waals surface area contributed by atoms with E-state index in [9.17, 15) is 18.0 Å². The monoisotopic (exact) mass is 673 g/mol. The van der Waals surface area contributed by atoms with E-state index < -0.39 is 28.5 Å². The molecule has 1 aliphatic carbocycles. The van der Waals surface area contributed by atoms with Gasteiger partial charge < -0.3 is 15.0 Å². The van der Waals surface area contributed by atoms with Gasteiger partial charge >= 0.3 is 0 Å². The van der Waals surface area contributed by atoms with Gasteiger partial charge in [0.1, 0.15) is 18.3 Å². The second-order valence-electron chi connectivity index (χ2n) is 11.6. The summed E-state index contributed by atoms with van der Waals surface area (Å²) >= 11 is 6.34. The van der Waals surface area contributed by atoms with Crippen molar-refractivity contribution in [1.29, 1.82) is 0 Å². The minimum absolute atomic E-state index is 0.0303. The highest BCUT2D eigenvalue weighted by atomic mass is 35.5. The molecule has 8 nitrogen and oxygen atoms in total. The number of benzene rings is 4. The van der Waals surface area contributed by atoms with E-state index in [4.69, 9.17) is 16.3 Å². The van der Waals surface area contributed by atoms with Crippen LogP contribution in [0, 0.1) is 0 Å². The van der Waals surface area contributed by atoms with Gasteiger partial charge in [-0.1, -0.05) is 85.1 Å². The predicted molar refractivity (Wildman–Crippen MR) is 185 cm³/mol. The number of carbonyl (C=O) groups is 2. The average molecular weight is 674 g/mol. The summed E-state index contributed by atoms with van der Waals surface area (Å²) in [6.07, 6.45) is 4.08. The number of hydrogen-bond donors (Lipinski definition) is 1. The smallest absolute Gasteiger partial charge is 0.264 e. The van der Waals surface area contributed by atoms with Crippen molar-refractivity contribution < 1.29 is 22.7 Å². The van der Waals surface area contributed by atoms with E-state index in [1.165, 1.54) is 17.0 Å². The highest BCUT2D eigenvalue weighted by molar-refractivity contribution is 7.92. The van der Waals surface area contributed by atoms with E-state index in [1.54, 1.807) is 60.7 Å². The van der Waals surface area contributed by atoms with E-state index in [0.717, 1.165) is 41.1 Å². The van der Waals surface area contributed by atoms with Crippen LogP contribution in [0.2, 0.25) is 5.02 Å². The summed E-state index contributed by atoms with van der Waals surface area (Å²) in [4.78, 5) is 30.3. The zero-order valence-corrected chi connectivity index (χ0v) is 28.0. The Kier molecular flexibility index (Phi) is 11.6. The Morgan fingerprint density at radius 3 is 2.15 bits per heavy atom. The summed E-state index contributed by atoms with van der Waals surface area (Å²) in [7, 11) is -4.19. The number of nitrogens with one attached hydrogen (secondary N) is 1. The van der Waals surface area contributed by atoms with E-state index in [2.05, 4.69) is 5.32 Å². The van der Waals surface area contributed by atoms with Gasteiger partial charge in [0.05, 0.1) is 17.2 Å². The van der Waals surface area contributed by atoms with Gasteiger partial charge in [-0.05, 0) is 79.4 Å². The molecule has 1 saturated carbocycles. The minimum atomic E-state index is -4.19. The summed E-state index contributed by atoms with van der Waals surface area (Å²) in [5, 5.41) is 3.68. The molecule has 0 aromatic heterocycles. The molecular formula is C37H40ClN3O5S. The summed E-state index contributed by atoms with van der Waals surface area (Å²) in [6.45, 7) is 1.83. The fourth-order valence-electron chi connectivity index (χ4n) is 5.88. The van der Waals surface area contributed by atoms with Crippen LogP contribution in [-0.2, 0) is 32.6 Å². The van der Waals surface area contributed by atoms with E-state index in [1.807, 2.05) is 43.3 Å². The second kappa shape index (κ2) is 16.0.